The highest BCUT2D eigenvalue weighted by atomic mass is 35.5. The summed E-state index contributed by atoms with van der Waals surface area (Å²) in [5, 5.41) is 3.03. The molecule has 0 radical (unpaired) electrons. The summed E-state index contributed by atoms with van der Waals surface area (Å²) in [6.07, 6.45) is 3.67. The second-order valence-corrected chi connectivity index (χ2v) is 5.18. The fourth-order valence-corrected chi connectivity index (χ4v) is 3.25. The van der Waals surface area contributed by atoms with E-state index in [1.165, 1.54) is 29.2 Å². The van der Waals surface area contributed by atoms with Crippen LogP contribution < -0.4 is 0 Å². The van der Waals surface area contributed by atoms with E-state index in [9.17, 15) is 0 Å². The highest BCUT2D eigenvalue weighted by molar-refractivity contribution is 6.21. The molecule has 0 aliphatic heterocycles. The van der Waals surface area contributed by atoms with Gasteiger partial charge in [-0.15, -0.1) is 11.6 Å². The van der Waals surface area contributed by atoms with Crippen LogP contribution in [-0.4, -0.2) is 5.38 Å². The molecule has 1 aliphatic carbocycles. The summed E-state index contributed by atoms with van der Waals surface area (Å²) in [7, 11) is 0. The van der Waals surface area contributed by atoms with Crippen LogP contribution in [0.3, 0.4) is 0 Å². The normalized spacial score (nSPS) is 25.1. The van der Waals surface area contributed by atoms with Gasteiger partial charge in [-0.3, -0.25) is 0 Å². The van der Waals surface area contributed by atoms with Crippen LogP contribution in [0.15, 0.2) is 42.5 Å². The molecule has 0 amide bonds. The molecule has 2 unspecified atom stereocenters. The zero-order chi connectivity index (χ0) is 11.0. The van der Waals surface area contributed by atoms with Crippen molar-refractivity contribution in [2.75, 3.05) is 0 Å². The lowest BCUT2D eigenvalue weighted by Crippen LogP contribution is -2.05. The van der Waals surface area contributed by atoms with Crippen molar-refractivity contribution in [1.29, 1.82) is 0 Å². The van der Waals surface area contributed by atoms with E-state index >= 15 is 0 Å². The molecule has 2 atom stereocenters. The molecule has 0 saturated heterocycles. The van der Waals surface area contributed by atoms with Gasteiger partial charge in [0.05, 0.1) is 0 Å². The number of benzene rings is 2. The average Bonchev–Trinajstić information content (AvgIpc) is 2.75. The molecule has 1 heteroatoms. The summed E-state index contributed by atoms with van der Waals surface area (Å²) >= 11 is 6.41. The Morgan fingerprint density at radius 1 is 0.938 bits per heavy atom. The van der Waals surface area contributed by atoms with E-state index in [0.29, 0.717) is 11.3 Å². The van der Waals surface area contributed by atoms with Gasteiger partial charge in [0.15, 0.2) is 0 Å². The molecule has 0 heterocycles. The smallest absolute Gasteiger partial charge is 0.0404 e. The average molecular weight is 231 g/mol. The van der Waals surface area contributed by atoms with Crippen molar-refractivity contribution >= 4 is 22.4 Å². The van der Waals surface area contributed by atoms with Gasteiger partial charge in [-0.1, -0.05) is 48.9 Å². The zero-order valence-electron chi connectivity index (χ0n) is 9.20. The van der Waals surface area contributed by atoms with E-state index in [1.807, 2.05) is 0 Å². The van der Waals surface area contributed by atoms with Crippen LogP contribution in [0.25, 0.3) is 10.8 Å². The molecule has 2 aromatic rings. The highest BCUT2D eigenvalue weighted by Gasteiger charge is 2.27. The van der Waals surface area contributed by atoms with Crippen LogP contribution in [0.1, 0.15) is 30.7 Å². The Balaban J connectivity index is 2.16. The van der Waals surface area contributed by atoms with Crippen LogP contribution in [0.5, 0.6) is 0 Å². The minimum absolute atomic E-state index is 0.325. The molecule has 1 aliphatic rings. The van der Waals surface area contributed by atoms with E-state index in [1.54, 1.807) is 0 Å². The summed E-state index contributed by atoms with van der Waals surface area (Å²) in [5.74, 6) is 0.549. The second kappa shape index (κ2) is 4.10. The fraction of sp³-hybridized carbons (Fsp3) is 0.333. The van der Waals surface area contributed by atoms with Gasteiger partial charge in [0.1, 0.15) is 0 Å². The quantitative estimate of drug-likeness (QED) is 0.622. The molecule has 0 nitrogen and oxygen atoms in total. The largest absolute Gasteiger partial charge is 0.122 e. The number of hydrogen-bond acceptors (Lipinski definition) is 0. The Labute approximate surface area is 101 Å². The monoisotopic (exact) mass is 230 g/mol. The lowest BCUT2D eigenvalue weighted by molar-refractivity contribution is 0.736. The molecule has 1 fully saturated rings. The van der Waals surface area contributed by atoms with Crippen LogP contribution in [0.4, 0.5) is 0 Å². The van der Waals surface area contributed by atoms with Crippen molar-refractivity contribution in [1.82, 2.24) is 0 Å². The van der Waals surface area contributed by atoms with Gasteiger partial charge in [0, 0.05) is 11.3 Å². The molecular weight excluding hydrogens is 216 g/mol. The van der Waals surface area contributed by atoms with Gasteiger partial charge in [-0.25, -0.2) is 0 Å². The Morgan fingerprint density at radius 3 is 2.56 bits per heavy atom. The Bertz CT molecular complexity index is 498. The van der Waals surface area contributed by atoms with Gasteiger partial charge in [0.2, 0.25) is 0 Å². The number of alkyl halides is 1. The van der Waals surface area contributed by atoms with Crippen LogP contribution >= 0.6 is 11.6 Å². The Kier molecular flexibility index (Phi) is 2.61. The summed E-state index contributed by atoms with van der Waals surface area (Å²) in [5.41, 5.74) is 1.44. The summed E-state index contributed by atoms with van der Waals surface area (Å²) in [6, 6.07) is 15.2. The first-order valence-electron chi connectivity index (χ1n) is 5.98. The van der Waals surface area contributed by atoms with Crippen molar-refractivity contribution in [3.05, 3.63) is 48.0 Å². The van der Waals surface area contributed by atoms with Crippen LogP contribution in [0.2, 0.25) is 0 Å². The number of hydrogen-bond donors (Lipinski definition) is 0. The minimum atomic E-state index is 0.325. The third-order valence-corrected chi connectivity index (χ3v) is 4.18. The second-order valence-electron chi connectivity index (χ2n) is 4.62. The van der Waals surface area contributed by atoms with Crippen molar-refractivity contribution < 1.29 is 0 Å². The van der Waals surface area contributed by atoms with Crippen LogP contribution in [-0.2, 0) is 0 Å². The third kappa shape index (κ3) is 1.62. The fourth-order valence-electron chi connectivity index (χ4n) is 2.84. The molecule has 0 spiro atoms. The zero-order valence-corrected chi connectivity index (χ0v) is 9.95. The van der Waals surface area contributed by atoms with Crippen molar-refractivity contribution in [2.45, 2.75) is 30.6 Å². The molecule has 0 N–H and O–H groups in total. The first kappa shape index (κ1) is 10.2. The molecular formula is C15H15Cl. The number of halogens is 1. The third-order valence-electron chi connectivity index (χ3n) is 3.65. The molecule has 3 rings (SSSR count). The van der Waals surface area contributed by atoms with Gasteiger partial charge in [0.25, 0.3) is 0 Å². The van der Waals surface area contributed by atoms with Crippen molar-refractivity contribution in [2.24, 2.45) is 0 Å². The molecule has 1 saturated carbocycles. The summed E-state index contributed by atoms with van der Waals surface area (Å²) < 4.78 is 0. The van der Waals surface area contributed by atoms with E-state index in [2.05, 4.69) is 42.5 Å². The van der Waals surface area contributed by atoms with Crippen LogP contribution in [0, 0.1) is 0 Å². The maximum absolute atomic E-state index is 6.41. The maximum atomic E-state index is 6.41. The predicted molar refractivity (Wildman–Crippen MR) is 70.2 cm³/mol. The number of rotatable bonds is 1. The predicted octanol–water partition coefficient (Wildman–Crippen LogP) is 4.71. The molecule has 82 valence electrons. The van der Waals surface area contributed by atoms with Gasteiger partial charge >= 0.3 is 0 Å². The summed E-state index contributed by atoms with van der Waals surface area (Å²) in [6.45, 7) is 0. The first-order chi connectivity index (χ1) is 7.86. The molecule has 0 aromatic heterocycles. The van der Waals surface area contributed by atoms with E-state index in [-0.39, 0.29) is 0 Å². The standard InChI is InChI=1S/C15H15Cl/c16-15-10-4-9-14(15)13-8-3-6-11-5-1-2-7-12(11)13/h1-3,5-8,14-15H,4,9-10H2. The summed E-state index contributed by atoms with van der Waals surface area (Å²) in [4.78, 5) is 0. The van der Waals surface area contributed by atoms with Crippen molar-refractivity contribution in [3.63, 3.8) is 0 Å². The van der Waals surface area contributed by atoms with Gasteiger partial charge < -0.3 is 0 Å². The Morgan fingerprint density at radius 2 is 1.75 bits per heavy atom. The molecule has 0 bridgehead atoms. The van der Waals surface area contributed by atoms with E-state index in [4.69, 9.17) is 11.6 Å². The lowest BCUT2D eigenvalue weighted by Gasteiger charge is -2.16. The van der Waals surface area contributed by atoms with E-state index < -0.39 is 0 Å². The van der Waals surface area contributed by atoms with E-state index in [0.717, 1.165) is 6.42 Å². The first-order valence-corrected chi connectivity index (χ1v) is 6.41. The van der Waals surface area contributed by atoms with Gasteiger partial charge in [-0.2, -0.15) is 0 Å². The Hall–Kier alpha value is -1.01. The highest BCUT2D eigenvalue weighted by Crippen LogP contribution is 2.40. The molecule has 2 aromatic carbocycles. The SMILES string of the molecule is ClC1CCCC1c1cccc2ccccc12. The molecule has 16 heavy (non-hydrogen) atoms. The van der Waals surface area contributed by atoms with Gasteiger partial charge in [-0.05, 0) is 29.2 Å². The lowest BCUT2D eigenvalue weighted by atomic mass is 9.92. The topological polar surface area (TPSA) is 0 Å². The minimum Gasteiger partial charge on any atom is -0.122 e. The number of fused-ring (bicyclic) bond motifs is 1. The maximum Gasteiger partial charge on any atom is 0.0404 e. The van der Waals surface area contributed by atoms with Crippen molar-refractivity contribution in [3.8, 4) is 0 Å².